The number of hydrogen-bond donors (Lipinski definition) is 2. The number of thiol groups is 1. The SMILES string of the molecule is CC1=C(OCCS)C(C=O)C(O)CO1. The Labute approximate surface area is 88.3 Å². The third kappa shape index (κ3) is 2.42. The van der Waals surface area contributed by atoms with Crippen molar-refractivity contribution in [2.24, 2.45) is 5.92 Å². The molecular formula is C9H14O4S. The number of carbonyl (C=O) groups is 1. The molecule has 1 rings (SSSR count). The van der Waals surface area contributed by atoms with E-state index in [1.807, 2.05) is 0 Å². The summed E-state index contributed by atoms with van der Waals surface area (Å²) in [4.78, 5) is 10.7. The van der Waals surface area contributed by atoms with E-state index in [1.165, 1.54) is 0 Å². The summed E-state index contributed by atoms with van der Waals surface area (Å²) >= 11 is 3.99. The molecule has 14 heavy (non-hydrogen) atoms. The number of allylic oxidation sites excluding steroid dienone is 1. The standard InChI is InChI=1S/C9H14O4S/c1-6-9(12-2-3-14)7(4-10)8(11)5-13-6/h4,7-8,11,14H,2-3,5H2,1H3. The molecular weight excluding hydrogens is 204 g/mol. The molecule has 0 fully saturated rings. The van der Waals surface area contributed by atoms with E-state index in [9.17, 15) is 9.90 Å². The molecule has 80 valence electrons. The van der Waals surface area contributed by atoms with Gasteiger partial charge in [0.2, 0.25) is 0 Å². The Morgan fingerprint density at radius 1 is 1.79 bits per heavy atom. The Kier molecular flexibility index (Phi) is 4.28. The predicted octanol–water partition coefficient (Wildman–Crippen LogP) is 0.370. The van der Waals surface area contributed by atoms with Crippen molar-refractivity contribution in [1.29, 1.82) is 0 Å². The highest BCUT2D eigenvalue weighted by Crippen LogP contribution is 2.25. The highest BCUT2D eigenvalue weighted by atomic mass is 32.1. The van der Waals surface area contributed by atoms with E-state index >= 15 is 0 Å². The van der Waals surface area contributed by atoms with Crippen LogP contribution in [0.3, 0.4) is 0 Å². The zero-order valence-corrected chi connectivity index (χ0v) is 8.87. The van der Waals surface area contributed by atoms with Crippen LogP contribution in [-0.4, -0.2) is 36.5 Å². The molecule has 0 aromatic carbocycles. The molecule has 2 unspecified atom stereocenters. The molecule has 0 aliphatic carbocycles. The maximum Gasteiger partial charge on any atom is 0.146 e. The Hall–Kier alpha value is -0.680. The fraction of sp³-hybridized carbons (Fsp3) is 0.667. The van der Waals surface area contributed by atoms with Crippen LogP contribution >= 0.6 is 12.6 Å². The monoisotopic (exact) mass is 218 g/mol. The molecule has 0 bridgehead atoms. The lowest BCUT2D eigenvalue weighted by Gasteiger charge is -2.27. The van der Waals surface area contributed by atoms with Crippen LogP contribution in [-0.2, 0) is 14.3 Å². The van der Waals surface area contributed by atoms with Gasteiger partial charge in [0, 0.05) is 5.75 Å². The summed E-state index contributed by atoms with van der Waals surface area (Å²) in [5.74, 6) is 0.934. The quantitative estimate of drug-likeness (QED) is 0.529. The van der Waals surface area contributed by atoms with Crippen LogP contribution in [0.5, 0.6) is 0 Å². The molecule has 1 aliphatic heterocycles. The molecule has 0 aromatic rings. The topological polar surface area (TPSA) is 55.8 Å². The zero-order valence-electron chi connectivity index (χ0n) is 7.97. The molecule has 0 amide bonds. The minimum absolute atomic E-state index is 0.142. The molecule has 2 atom stereocenters. The van der Waals surface area contributed by atoms with Gasteiger partial charge in [0.15, 0.2) is 0 Å². The highest BCUT2D eigenvalue weighted by molar-refractivity contribution is 7.80. The lowest BCUT2D eigenvalue weighted by atomic mass is 9.99. The fourth-order valence-electron chi connectivity index (χ4n) is 1.30. The molecule has 0 saturated carbocycles. The van der Waals surface area contributed by atoms with Crippen LogP contribution in [0, 0.1) is 5.92 Å². The average Bonchev–Trinajstić information content (AvgIpc) is 2.19. The van der Waals surface area contributed by atoms with Crippen LogP contribution in [0.25, 0.3) is 0 Å². The van der Waals surface area contributed by atoms with Gasteiger partial charge in [0.05, 0.1) is 6.61 Å². The molecule has 1 heterocycles. The van der Waals surface area contributed by atoms with Crippen molar-refractivity contribution in [3.05, 3.63) is 11.5 Å². The second-order valence-corrected chi connectivity index (χ2v) is 3.48. The Morgan fingerprint density at radius 2 is 2.50 bits per heavy atom. The largest absolute Gasteiger partial charge is 0.493 e. The first-order valence-corrected chi connectivity index (χ1v) is 5.04. The fourth-order valence-corrected chi connectivity index (χ4v) is 1.39. The molecule has 0 spiro atoms. The van der Waals surface area contributed by atoms with E-state index in [4.69, 9.17) is 9.47 Å². The van der Waals surface area contributed by atoms with Crippen molar-refractivity contribution in [2.45, 2.75) is 13.0 Å². The molecule has 1 N–H and O–H groups in total. The summed E-state index contributed by atoms with van der Waals surface area (Å²) in [6, 6.07) is 0. The van der Waals surface area contributed by atoms with Crippen LogP contribution in [0.15, 0.2) is 11.5 Å². The van der Waals surface area contributed by atoms with E-state index in [0.29, 0.717) is 30.2 Å². The van der Waals surface area contributed by atoms with Crippen molar-refractivity contribution in [3.63, 3.8) is 0 Å². The first-order chi connectivity index (χ1) is 6.70. The third-order valence-electron chi connectivity index (χ3n) is 2.03. The summed E-state index contributed by atoms with van der Waals surface area (Å²) in [6.45, 7) is 2.26. The molecule has 0 saturated heterocycles. The Balaban J connectivity index is 2.76. The van der Waals surface area contributed by atoms with E-state index in [0.717, 1.165) is 0 Å². The average molecular weight is 218 g/mol. The van der Waals surface area contributed by atoms with Gasteiger partial charge in [-0.15, -0.1) is 0 Å². The lowest BCUT2D eigenvalue weighted by Crippen LogP contribution is -2.34. The van der Waals surface area contributed by atoms with Gasteiger partial charge >= 0.3 is 0 Å². The van der Waals surface area contributed by atoms with E-state index in [2.05, 4.69) is 12.6 Å². The maximum absolute atomic E-state index is 10.7. The van der Waals surface area contributed by atoms with Crippen molar-refractivity contribution in [1.82, 2.24) is 0 Å². The Morgan fingerprint density at radius 3 is 3.07 bits per heavy atom. The van der Waals surface area contributed by atoms with E-state index in [1.54, 1.807) is 6.92 Å². The summed E-state index contributed by atoms with van der Waals surface area (Å²) in [5, 5.41) is 9.47. The Bertz CT molecular complexity index is 239. The number of ether oxygens (including phenoxy) is 2. The number of carbonyl (C=O) groups excluding carboxylic acids is 1. The number of aldehydes is 1. The van der Waals surface area contributed by atoms with E-state index in [-0.39, 0.29) is 6.61 Å². The van der Waals surface area contributed by atoms with Crippen LogP contribution in [0.4, 0.5) is 0 Å². The van der Waals surface area contributed by atoms with Crippen LogP contribution in [0.2, 0.25) is 0 Å². The summed E-state index contributed by atoms with van der Waals surface area (Å²) in [5.41, 5.74) is 0. The van der Waals surface area contributed by atoms with Crippen molar-refractivity contribution in [3.8, 4) is 0 Å². The normalized spacial score (nSPS) is 27.1. The molecule has 4 nitrogen and oxygen atoms in total. The van der Waals surface area contributed by atoms with Gasteiger partial charge in [0.1, 0.15) is 36.4 Å². The minimum atomic E-state index is -0.814. The summed E-state index contributed by atoms with van der Waals surface area (Å²) in [7, 11) is 0. The minimum Gasteiger partial charge on any atom is -0.493 e. The number of hydrogen-bond acceptors (Lipinski definition) is 5. The van der Waals surface area contributed by atoms with Gasteiger partial charge in [-0.3, -0.25) is 0 Å². The molecule has 0 radical (unpaired) electrons. The van der Waals surface area contributed by atoms with Gasteiger partial charge in [-0.1, -0.05) is 0 Å². The van der Waals surface area contributed by atoms with Gasteiger partial charge in [-0.25, -0.2) is 0 Å². The summed E-state index contributed by atoms with van der Waals surface area (Å²) < 4.78 is 10.5. The zero-order chi connectivity index (χ0) is 10.6. The number of rotatable bonds is 4. The highest BCUT2D eigenvalue weighted by Gasteiger charge is 2.31. The van der Waals surface area contributed by atoms with Gasteiger partial charge in [-0.05, 0) is 6.92 Å². The van der Waals surface area contributed by atoms with Crippen molar-refractivity contribution in [2.75, 3.05) is 19.0 Å². The molecule has 5 heteroatoms. The van der Waals surface area contributed by atoms with Crippen LogP contribution < -0.4 is 0 Å². The second kappa shape index (κ2) is 5.26. The predicted molar refractivity (Wildman–Crippen MR) is 54.0 cm³/mol. The molecule has 0 aromatic heterocycles. The van der Waals surface area contributed by atoms with Gasteiger partial charge in [-0.2, -0.15) is 12.6 Å². The number of aliphatic hydroxyl groups excluding tert-OH is 1. The second-order valence-electron chi connectivity index (χ2n) is 3.03. The van der Waals surface area contributed by atoms with Gasteiger partial charge in [0.25, 0.3) is 0 Å². The first-order valence-electron chi connectivity index (χ1n) is 4.41. The first kappa shape index (κ1) is 11.4. The maximum atomic E-state index is 10.7. The van der Waals surface area contributed by atoms with Crippen LogP contribution in [0.1, 0.15) is 6.92 Å². The summed E-state index contributed by atoms with van der Waals surface area (Å²) in [6.07, 6.45) is -0.129. The van der Waals surface area contributed by atoms with Gasteiger partial charge < -0.3 is 19.4 Å². The smallest absolute Gasteiger partial charge is 0.146 e. The van der Waals surface area contributed by atoms with Crippen molar-refractivity contribution < 1.29 is 19.4 Å². The molecule has 1 aliphatic rings. The number of aliphatic hydroxyl groups is 1. The van der Waals surface area contributed by atoms with E-state index < -0.39 is 12.0 Å². The van der Waals surface area contributed by atoms with Crippen molar-refractivity contribution >= 4 is 18.9 Å². The lowest BCUT2D eigenvalue weighted by molar-refractivity contribution is -0.117. The third-order valence-corrected chi connectivity index (χ3v) is 2.21.